The molecule has 0 bridgehead atoms. The van der Waals surface area contributed by atoms with Crippen molar-refractivity contribution >= 4 is 6.09 Å². The third kappa shape index (κ3) is 11.7. The third-order valence-electron chi connectivity index (χ3n) is 1.34. The molecule has 1 amide bonds. The average molecular weight is 272 g/mol. The standard InChI is InChI=1S/C6H5NO4.C5H11NO2/c8-7(9)11-10-6-4-2-1-3-5-6;1-5(2,3)8-4(6)7/h1-5H;1-3H3,(H2,6,7). The summed E-state index contributed by atoms with van der Waals surface area (Å²) in [7, 11) is 0. The maximum atomic E-state index is 10.0. The molecule has 0 radical (unpaired) electrons. The maximum Gasteiger partial charge on any atom is 0.405 e. The van der Waals surface area contributed by atoms with Gasteiger partial charge in [-0.25, -0.2) is 4.79 Å². The highest BCUT2D eigenvalue weighted by Gasteiger charge is 2.12. The zero-order valence-electron chi connectivity index (χ0n) is 10.9. The van der Waals surface area contributed by atoms with Gasteiger partial charge in [0.05, 0.1) is 0 Å². The predicted molar refractivity (Wildman–Crippen MR) is 65.6 cm³/mol. The van der Waals surface area contributed by atoms with Crippen LogP contribution < -0.4 is 10.6 Å². The van der Waals surface area contributed by atoms with Crippen LogP contribution in [0.5, 0.6) is 5.75 Å². The summed E-state index contributed by atoms with van der Waals surface area (Å²) in [6, 6.07) is 8.21. The molecular weight excluding hydrogens is 256 g/mol. The van der Waals surface area contributed by atoms with Gasteiger partial charge in [0.2, 0.25) is 0 Å². The zero-order valence-corrected chi connectivity index (χ0v) is 10.9. The number of ether oxygens (including phenoxy) is 1. The molecule has 0 aliphatic carbocycles. The minimum atomic E-state index is -1.02. The number of carbonyl (C=O) groups excluding carboxylic acids is 1. The lowest BCUT2D eigenvalue weighted by Crippen LogP contribution is -2.27. The smallest absolute Gasteiger partial charge is 0.405 e. The molecule has 0 aromatic heterocycles. The number of benzene rings is 1. The summed E-state index contributed by atoms with van der Waals surface area (Å²) in [5, 5.41) is 8.61. The van der Waals surface area contributed by atoms with Crippen molar-refractivity contribution in [3.63, 3.8) is 0 Å². The molecule has 0 aliphatic heterocycles. The fraction of sp³-hybridized carbons (Fsp3) is 0.364. The van der Waals surface area contributed by atoms with E-state index in [-0.39, 0.29) is 0 Å². The van der Waals surface area contributed by atoms with Gasteiger partial charge in [-0.3, -0.25) is 0 Å². The predicted octanol–water partition coefficient (Wildman–Crippen LogP) is 2.07. The van der Waals surface area contributed by atoms with E-state index >= 15 is 0 Å². The van der Waals surface area contributed by atoms with Crippen molar-refractivity contribution < 1.29 is 24.5 Å². The first-order valence-corrected chi connectivity index (χ1v) is 5.23. The number of hydrogen-bond donors (Lipinski definition) is 1. The highest BCUT2D eigenvalue weighted by molar-refractivity contribution is 5.65. The van der Waals surface area contributed by atoms with E-state index in [2.05, 4.69) is 14.6 Å². The molecule has 19 heavy (non-hydrogen) atoms. The van der Waals surface area contributed by atoms with Crippen LogP contribution in [0.25, 0.3) is 0 Å². The Balaban J connectivity index is 0.000000362. The number of rotatable bonds is 3. The SMILES string of the molecule is CC(C)(C)OC(N)=O.O=[N+]([O-])OOc1ccccc1. The van der Waals surface area contributed by atoms with Crippen LogP contribution in [0.1, 0.15) is 20.8 Å². The van der Waals surface area contributed by atoms with Crippen LogP contribution >= 0.6 is 0 Å². The van der Waals surface area contributed by atoms with Gasteiger partial charge in [-0.2, -0.15) is 0 Å². The Hall–Kier alpha value is -2.51. The van der Waals surface area contributed by atoms with Crippen molar-refractivity contribution in [3.05, 3.63) is 40.4 Å². The van der Waals surface area contributed by atoms with Crippen molar-refractivity contribution in [1.82, 2.24) is 0 Å². The summed E-state index contributed by atoms with van der Waals surface area (Å²) < 4.78 is 4.58. The maximum absolute atomic E-state index is 10.0. The van der Waals surface area contributed by atoms with Crippen LogP contribution in [-0.2, 0) is 9.73 Å². The molecule has 0 saturated heterocycles. The third-order valence-corrected chi connectivity index (χ3v) is 1.34. The van der Waals surface area contributed by atoms with E-state index in [1.165, 1.54) is 0 Å². The number of carbonyl (C=O) groups is 1. The first-order valence-electron chi connectivity index (χ1n) is 5.23. The van der Waals surface area contributed by atoms with Crippen LogP contribution in [0.15, 0.2) is 30.3 Å². The van der Waals surface area contributed by atoms with Crippen molar-refractivity contribution in [2.75, 3.05) is 0 Å². The van der Waals surface area contributed by atoms with Gasteiger partial charge < -0.3 is 15.4 Å². The Morgan fingerprint density at radius 1 is 1.26 bits per heavy atom. The van der Waals surface area contributed by atoms with Crippen molar-refractivity contribution in [2.45, 2.75) is 26.4 Å². The molecule has 0 heterocycles. The number of primary amides is 1. The normalized spacial score (nSPS) is 9.63. The lowest BCUT2D eigenvalue weighted by molar-refractivity contribution is -0.832. The van der Waals surface area contributed by atoms with Gasteiger partial charge in [0.1, 0.15) is 5.60 Å². The number of nitrogens with two attached hydrogens (primary N) is 1. The van der Waals surface area contributed by atoms with E-state index in [1.807, 2.05) is 0 Å². The van der Waals surface area contributed by atoms with Gasteiger partial charge in [0, 0.05) is 0 Å². The molecule has 0 aliphatic rings. The first kappa shape index (κ1) is 16.5. The summed E-state index contributed by atoms with van der Waals surface area (Å²) in [5.74, 6) is 0.296. The van der Waals surface area contributed by atoms with Gasteiger partial charge >= 0.3 is 11.2 Å². The number of hydrogen-bond acceptors (Lipinski definition) is 6. The molecule has 2 N–H and O–H groups in total. The van der Waals surface area contributed by atoms with E-state index in [0.29, 0.717) is 5.75 Å². The molecule has 0 spiro atoms. The van der Waals surface area contributed by atoms with Gasteiger partial charge in [0.25, 0.3) is 0 Å². The highest BCUT2D eigenvalue weighted by Crippen LogP contribution is 2.07. The minimum Gasteiger partial charge on any atom is -0.444 e. The van der Waals surface area contributed by atoms with Crippen LogP contribution in [0.4, 0.5) is 4.79 Å². The Morgan fingerprint density at radius 3 is 2.11 bits per heavy atom. The Morgan fingerprint density at radius 2 is 1.79 bits per heavy atom. The fourth-order valence-electron chi connectivity index (χ4n) is 0.851. The number of amides is 1. The lowest BCUT2D eigenvalue weighted by Gasteiger charge is -2.16. The van der Waals surface area contributed by atoms with Gasteiger partial charge in [0.15, 0.2) is 5.75 Å². The van der Waals surface area contributed by atoms with E-state index in [0.717, 1.165) is 0 Å². The van der Waals surface area contributed by atoms with Crippen molar-refractivity contribution in [1.29, 1.82) is 0 Å². The number of para-hydroxylation sites is 1. The fourth-order valence-corrected chi connectivity index (χ4v) is 0.851. The molecular formula is C11H16N2O6. The molecule has 0 saturated carbocycles. The summed E-state index contributed by atoms with van der Waals surface area (Å²) in [6.45, 7) is 5.28. The highest BCUT2D eigenvalue weighted by atomic mass is 17.3. The topological polar surface area (TPSA) is 114 Å². The second-order valence-corrected chi connectivity index (χ2v) is 4.23. The Kier molecular flexibility index (Phi) is 6.72. The minimum absolute atomic E-state index is 0.296. The number of nitrogens with zero attached hydrogens (tertiary/aromatic N) is 1. The van der Waals surface area contributed by atoms with E-state index in [4.69, 9.17) is 5.73 Å². The molecule has 1 rings (SSSR count). The second-order valence-electron chi connectivity index (χ2n) is 4.23. The molecule has 1 aromatic rings. The largest absolute Gasteiger partial charge is 0.444 e. The molecule has 0 fully saturated rings. The summed E-state index contributed by atoms with van der Waals surface area (Å²) >= 11 is 0. The van der Waals surface area contributed by atoms with Crippen LogP contribution in [0.2, 0.25) is 0 Å². The van der Waals surface area contributed by atoms with Crippen molar-refractivity contribution in [3.8, 4) is 5.75 Å². The van der Waals surface area contributed by atoms with Crippen molar-refractivity contribution in [2.24, 2.45) is 5.73 Å². The zero-order chi connectivity index (χ0) is 14.9. The monoisotopic (exact) mass is 272 g/mol. The summed E-state index contributed by atoms with van der Waals surface area (Å²) in [4.78, 5) is 27.6. The lowest BCUT2D eigenvalue weighted by atomic mass is 10.2. The van der Waals surface area contributed by atoms with Crippen LogP contribution in [0.3, 0.4) is 0 Å². The summed E-state index contributed by atoms with van der Waals surface area (Å²) in [6.07, 6.45) is -0.725. The van der Waals surface area contributed by atoms with E-state index in [9.17, 15) is 14.9 Å². The molecule has 0 atom stereocenters. The molecule has 8 nitrogen and oxygen atoms in total. The Bertz CT molecular complexity index is 401. The van der Waals surface area contributed by atoms with Gasteiger partial charge in [-0.05, 0) is 32.9 Å². The van der Waals surface area contributed by atoms with Gasteiger partial charge in [-0.15, -0.1) is 10.1 Å². The quantitative estimate of drug-likeness (QED) is 0.511. The first-order chi connectivity index (χ1) is 8.70. The Labute approximate surface area is 110 Å². The van der Waals surface area contributed by atoms with E-state index < -0.39 is 16.8 Å². The average Bonchev–Trinajstić information content (AvgIpc) is 2.25. The second kappa shape index (κ2) is 7.75. The van der Waals surface area contributed by atoms with E-state index in [1.54, 1.807) is 51.1 Å². The van der Waals surface area contributed by atoms with Gasteiger partial charge in [-0.1, -0.05) is 23.2 Å². The molecule has 106 valence electrons. The molecule has 1 aromatic carbocycles. The van der Waals surface area contributed by atoms with Crippen LogP contribution in [-0.4, -0.2) is 16.8 Å². The summed E-state index contributed by atoms with van der Waals surface area (Å²) in [5.41, 5.74) is 4.26. The van der Waals surface area contributed by atoms with Crippen LogP contribution in [0, 0.1) is 10.1 Å². The molecule has 0 unspecified atom stereocenters. The molecule has 8 heteroatoms.